The molecule has 2 N–H and O–H groups in total. The molecule has 0 spiro atoms. The Morgan fingerprint density at radius 1 is 0.963 bits per heavy atom. The largest absolute Gasteiger partial charge is 0.481 e. The van der Waals surface area contributed by atoms with Gasteiger partial charge < -0.3 is 10.4 Å². The lowest BCUT2D eigenvalue weighted by Gasteiger charge is -2.22. The summed E-state index contributed by atoms with van der Waals surface area (Å²) < 4.78 is 27.6. The first-order valence-corrected chi connectivity index (χ1v) is 8.67. The lowest BCUT2D eigenvalue weighted by Crippen LogP contribution is -2.34. The molecule has 0 aliphatic rings. The van der Waals surface area contributed by atoms with Crippen LogP contribution >= 0.6 is 0 Å². The molecule has 2 aromatic rings. The van der Waals surface area contributed by atoms with Gasteiger partial charge in [0, 0.05) is 18.5 Å². The number of carboxylic acids is 1. The Hall–Kier alpha value is -2.80. The summed E-state index contributed by atoms with van der Waals surface area (Å²) in [5, 5.41) is 11.2. The molecular weight excluding hydrogens is 354 g/mol. The Morgan fingerprint density at radius 3 is 2.30 bits per heavy atom. The topological polar surface area (TPSA) is 69.6 Å². The maximum Gasteiger partial charge on any atom is 0.303 e. The third-order valence-corrected chi connectivity index (χ3v) is 3.98. The lowest BCUT2D eigenvalue weighted by atomic mass is 10.1. The van der Waals surface area contributed by atoms with Crippen molar-refractivity contribution in [3.8, 4) is 0 Å². The molecule has 0 heterocycles. The SMILES string of the molecule is O=C(O)CCCCN(CC(=O)Nc1ccccc1F)Cc1ccccc1F. The Balaban J connectivity index is 1.99. The van der Waals surface area contributed by atoms with Crippen molar-refractivity contribution in [2.45, 2.75) is 25.8 Å². The Bertz CT molecular complexity index is 783. The van der Waals surface area contributed by atoms with Crippen molar-refractivity contribution in [3.05, 3.63) is 65.7 Å². The number of rotatable bonds is 10. The first-order chi connectivity index (χ1) is 13.0. The minimum Gasteiger partial charge on any atom is -0.481 e. The number of hydrogen-bond donors (Lipinski definition) is 2. The number of para-hydroxylation sites is 1. The third kappa shape index (κ3) is 7.15. The van der Waals surface area contributed by atoms with E-state index in [1.807, 2.05) is 0 Å². The quantitative estimate of drug-likeness (QED) is 0.621. The average Bonchev–Trinajstić information content (AvgIpc) is 2.62. The van der Waals surface area contributed by atoms with Crippen LogP contribution in [0.3, 0.4) is 0 Å². The van der Waals surface area contributed by atoms with E-state index < -0.39 is 17.7 Å². The second-order valence-corrected chi connectivity index (χ2v) is 6.18. The van der Waals surface area contributed by atoms with Crippen LogP contribution in [0.15, 0.2) is 48.5 Å². The zero-order valence-electron chi connectivity index (χ0n) is 14.8. The maximum absolute atomic E-state index is 13.9. The summed E-state index contributed by atoms with van der Waals surface area (Å²) in [6, 6.07) is 12.1. The van der Waals surface area contributed by atoms with Gasteiger partial charge in [-0.25, -0.2) is 8.78 Å². The predicted molar refractivity (Wildman–Crippen MR) is 98.2 cm³/mol. The van der Waals surface area contributed by atoms with E-state index in [1.54, 1.807) is 29.2 Å². The van der Waals surface area contributed by atoms with Gasteiger partial charge in [-0.2, -0.15) is 0 Å². The number of carbonyl (C=O) groups excluding carboxylic acids is 1. The molecule has 5 nitrogen and oxygen atoms in total. The molecule has 144 valence electrons. The number of carboxylic acid groups (broad SMARTS) is 1. The maximum atomic E-state index is 13.9. The van der Waals surface area contributed by atoms with Crippen LogP contribution in [0.4, 0.5) is 14.5 Å². The number of nitrogens with zero attached hydrogens (tertiary/aromatic N) is 1. The highest BCUT2D eigenvalue weighted by Crippen LogP contribution is 2.14. The number of nitrogens with one attached hydrogen (secondary N) is 1. The van der Waals surface area contributed by atoms with Crippen molar-refractivity contribution in [1.29, 1.82) is 0 Å². The number of halogens is 2. The zero-order chi connectivity index (χ0) is 19.6. The predicted octanol–water partition coefficient (Wildman–Crippen LogP) is 3.66. The molecule has 0 unspecified atom stereocenters. The van der Waals surface area contributed by atoms with E-state index in [0.29, 0.717) is 24.9 Å². The van der Waals surface area contributed by atoms with Crippen molar-refractivity contribution < 1.29 is 23.5 Å². The Morgan fingerprint density at radius 2 is 1.63 bits per heavy atom. The summed E-state index contributed by atoms with van der Waals surface area (Å²) in [6.45, 7) is 0.562. The summed E-state index contributed by atoms with van der Waals surface area (Å²) in [5.41, 5.74) is 0.522. The van der Waals surface area contributed by atoms with Crippen molar-refractivity contribution in [2.75, 3.05) is 18.4 Å². The van der Waals surface area contributed by atoms with Crippen molar-refractivity contribution in [3.63, 3.8) is 0 Å². The van der Waals surface area contributed by atoms with Crippen LogP contribution < -0.4 is 5.32 Å². The van der Waals surface area contributed by atoms with Gasteiger partial charge >= 0.3 is 5.97 Å². The molecule has 0 fully saturated rings. The van der Waals surface area contributed by atoms with E-state index in [0.717, 1.165) is 0 Å². The van der Waals surface area contributed by atoms with Gasteiger partial charge in [0.1, 0.15) is 11.6 Å². The summed E-state index contributed by atoms with van der Waals surface area (Å²) in [5.74, 6) is -2.21. The normalized spacial score (nSPS) is 10.8. The van der Waals surface area contributed by atoms with E-state index in [1.165, 1.54) is 24.3 Å². The van der Waals surface area contributed by atoms with Gasteiger partial charge in [-0.1, -0.05) is 30.3 Å². The van der Waals surface area contributed by atoms with E-state index in [2.05, 4.69) is 5.32 Å². The van der Waals surface area contributed by atoms with Crippen LogP contribution in [0.2, 0.25) is 0 Å². The molecular formula is C20H22F2N2O3. The Kier molecular flexibility index (Phi) is 7.88. The number of amides is 1. The van der Waals surface area contributed by atoms with Crippen LogP contribution in [0.1, 0.15) is 24.8 Å². The first kappa shape index (κ1) is 20.5. The number of hydrogen-bond acceptors (Lipinski definition) is 3. The van der Waals surface area contributed by atoms with Crippen molar-refractivity contribution in [2.24, 2.45) is 0 Å². The minimum absolute atomic E-state index is 0.0367. The van der Waals surface area contributed by atoms with E-state index in [-0.39, 0.29) is 31.0 Å². The molecule has 1 amide bonds. The highest BCUT2D eigenvalue weighted by atomic mass is 19.1. The van der Waals surface area contributed by atoms with Gasteiger partial charge in [0.25, 0.3) is 0 Å². The second-order valence-electron chi connectivity index (χ2n) is 6.18. The summed E-state index contributed by atoms with van der Waals surface area (Å²) in [7, 11) is 0. The fourth-order valence-corrected chi connectivity index (χ4v) is 2.65. The fourth-order valence-electron chi connectivity index (χ4n) is 2.65. The number of carbonyl (C=O) groups is 2. The van der Waals surface area contributed by atoms with E-state index in [4.69, 9.17) is 5.11 Å². The molecule has 27 heavy (non-hydrogen) atoms. The molecule has 0 bridgehead atoms. The first-order valence-electron chi connectivity index (χ1n) is 8.67. The molecule has 2 rings (SSSR count). The number of aliphatic carboxylic acids is 1. The highest BCUT2D eigenvalue weighted by molar-refractivity contribution is 5.92. The van der Waals surface area contributed by atoms with Crippen molar-refractivity contribution in [1.82, 2.24) is 4.90 Å². The van der Waals surface area contributed by atoms with Crippen LogP contribution in [0.5, 0.6) is 0 Å². The summed E-state index contributed by atoms with van der Waals surface area (Å²) in [6.07, 6.45) is 1.04. The van der Waals surface area contributed by atoms with Crippen LogP contribution in [0.25, 0.3) is 0 Å². The molecule has 0 aromatic heterocycles. The number of unbranched alkanes of at least 4 members (excludes halogenated alkanes) is 1. The number of anilines is 1. The average molecular weight is 376 g/mol. The fraction of sp³-hybridized carbons (Fsp3) is 0.300. The molecule has 7 heteroatoms. The highest BCUT2D eigenvalue weighted by Gasteiger charge is 2.15. The molecule has 0 radical (unpaired) electrons. The van der Waals surface area contributed by atoms with Gasteiger partial charge in [-0.3, -0.25) is 14.5 Å². The van der Waals surface area contributed by atoms with Crippen molar-refractivity contribution >= 4 is 17.6 Å². The van der Waals surface area contributed by atoms with Gasteiger partial charge in [0.2, 0.25) is 5.91 Å². The molecule has 0 aliphatic heterocycles. The van der Waals surface area contributed by atoms with E-state index >= 15 is 0 Å². The summed E-state index contributed by atoms with van der Waals surface area (Å²) >= 11 is 0. The van der Waals surface area contributed by atoms with Gasteiger partial charge in [-0.05, 0) is 37.6 Å². The molecule has 0 saturated heterocycles. The molecule has 0 saturated carbocycles. The molecule has 0 aliphatic carbocycles. The summed E-state index contributed by atoms with van der Waals surface area (Å²) in [4.78, 5) is 24.6. The van der Waals surface area contributed by atoms with Gasteiger partial charge in [-0.15, -0.1) is 0 Å². The minimum atomic E-state index is -0.882. The monoisotopic (exact) mass is 376 g/mol. The van der Waals surface area contributed by atoms with Gasteiger partial charge in [0.15, 0.2) is 0 Å². The van der Waals surface area contributed by atoms with E-state index in [9.17, 15) is 18.4 Å². The van der Waals surface area contributed by atoms with Gasteiger partial charge in [0.05, 0.1) is 12.2 Å². The van der Waals surface area contributed by atoms with Crippen LogP contribution in [0, 0.1) is 11.6 Å². The second kappa shape index (κ2) is 10.4. The third-order valence-electron chi connectivity index (χ3n) is 3.98. The Labute approximate surface area is 156 Å². The lowest BCUT2D eigenvalue weighted by molar-refractivity contribution is -0.137. The van der Waals surface area contributed by atoms with Crippen LogP contribution in [-0.2, 0) is 16.1 Å². The zero-order valence-corrected chi connectivity index (χ0v) is 14.8. The number of benzene rings is 2. The van der Waals surface area contributed by atoms with Crippen LogP contribution in [-0.4, -0.2) is 35.0 Å². The molecule has 0 atom stereocenters. The molecule has 2 aromatic carbocycles. The smallest absolute Gasteiger partial charge is 0.303 e. The standard InChI is InChI=1S/C20H22F2N2O3/c21-16-8-2-1-7-15(16)13-24(12-6-5-11-20(26)27)14-19(25)23-18-10-4-3-9-17(18)22/h1-4,7-10H,5-6,11-14H2,(H,23,25)(H,26,27).